The van der Waals surface area contributed by atoms with Crippen molar-refractivity contribution in [2.24, 2.45) is 0 Å². The molecule has 0 unspecified atom stereocenters. The van der Waals surface area contributed by atoms with E-state index in [1.165, 1.54) is 0 Å². The molecule has 2 atom stereocenters. The molecule has 0 aliphatic heterocycles. The first-order valence-corrected chi connectivity index (χ1v) is 11.4. The van der Waals surface area contributed by atoms with Crippen molar-refractivity contribution in [3.8, 4) is 0 Å². The minimum absolute atomic E-state index is 0.245. The number of rotatable bonds is 6. The van der Waals surface area contributed by atoms with Gasteiger partial charge in [-0.15, -0.1) is 0 Å². The molecule has 122 valence electrons. The topological polar surface area (TPSA) is 46.5 Å². The monoisotopic (exact) mass is 328 g/mol. The van der Waals surface area contributed by atoms with Crippen LogP contribution in [0.4, 0.5) is 0 Å². The van der Waals surface area contributed by atoms with Crippen molar-refractivity contribution in [1.29, 1.82) is 0 Å². The number of benzene rings is 2. The Hall–Kier alpha value is -1.91. The third-order valence-electron chi connectivity index (χ3n) is 3.85. The molecule has 3 nitrogen and oxygen atoms in total. The number of hydrogen-bond donors (Lipinski definition) is 1. The Morgan fingerprint density at radius 2 is 1.52 bits per heavy atom. The molecule has 0 saturated carbocycles. The van der Waals surface area contributed by atoms with E-state index in [2.05, 4.69) is 19.6 Å². The number of ether oxygens (including phenoxy) is 1. The van der Waals surface area contributed by atoms with Gasteiger partial charge in [-0.1, -0.05) is 68.2 Å². The zero-order valence-electron chi connectivity index (χ0n) is 13.9. The fraction of sp³-hybridized carbons (Fsp3) is 0.316. The molecule has 2 aromatic rings. The van der Waals surface area contributed by atoms with E-state index in [-0.39, 0.29) is 11.7 Å². The molecule has 0 bridgehead atoms. The van der Waals surface area contributed by atoms with Gasteiger partial charge in [0, 0.05) is 6.42 Å². The highest BCUT2D eigenvalue weighted by atomic mass is 28.3. The number of aliphatic hydroxyl groups is 1. The molecule has 0 fully saturated rings. The maximum Gasteiger partial charge on any atom is 0.338 e. The molecular weight excluding hydrogens is 304 g/mol. The summed E-state index contributed by atoms with van der Waals surface area (Å²) in [5.74, 6) is -0.321. The van der Waals surface area contributed by atoms with E-state index in [1.54, 1.807) is 12.1 Å². The predicted octanol–water partition coefficient (Wildman–Crippen LogP) is 4.21. The molecule has 0 aliphatic carbocycles. The number of carbonyl (C=O) groups excluding carboxylic acids is 1. The van der Waals surface area contributed by atoms with Crippen molar-refractivity contribution >= 4 is 14.0 Å². The minimum atomic E-state index is -1.78. The Kier molecular flexibility index (Phi) is 5.74. The van der Waals surface area contributed by atoms with Crippen LogP contribution < -0.4 is 0 Å². The van der Waals surface area contributed by atoms with Gasteiger partial charge in [-0.25, -0.2) is 4.79 Å². The lowest BCUT2D eigenvalue weighted by atomic mass is 10.1. The Labute approximate surface area is 138 Å². The van der Waals surface area contributed by atoms with E-state index in [1.807, 2.05) is 48.5 Å². The lowest BCUT2D eigenvalue weighted by Crippen LogP contribution is -2.42. The number of aliphatic hydroxyl groups excluding tert-OH is 1. The number of carbonyl (C=O) groups is 1. The molecule has 23 heavy (non-hydrogen) atoms. The molecular formula is C19H24O3Si. The van der Waals surface area contributed by atoms with Crippen molar-refractivity contribution in [3.63, 3.8) is 0 Å². The van der Waals surface area contributed by atoms with Gasteiger partial charge in [-0.05, 0) is 17.7 Å². The van der Waals surface area contributed by atoms with Crippen molar-refractivity contribution in [3.05, 3.63) is 71.8 Å². The summed E-state index contributed by atoms with van der Waals surface area (Å²) in [5.41, 5.74) is 1.15. The van der Waals surface area contributed by atoms with Gasteiger partial charge in [0.05, 0.1) is 25.5 Å². The van der Waals surface area contributed by atoms with Gasteiger partial charge in [0.1, 0.15) is 0 Å². The average molecular weight is 328 g/mol. The van der Waals surface area contributed by atoms with E-state index in [0.717, 1.165) is 5.56 Å². The second kappa shape index (κ2) is 7.57. The smallest absolute Gasteiger partial charge is 0.338 e. The van der Waals surface area contributed by atoms with Crippen LogP contribution in [0, 0.1) is 0 Å². The summed E-state index contributed by atoms with van der Waals surface area (Å²) in [6.45, 7) is 6.44. The maximum atomic E-state index is 12.3. The predicted molar refractivity (Wildman–Crippen MR) is 95.0 cm³/mol. The molecule has 4 heteroatoms. The fourth-order valence-electron chi connectivity index (χ4n) is 2.36. The van der Waals surface area contributed by atoms with E-state index in [9.17, 15) is 9.90 Å². The van der Waals surface area contributed by atoms with Crippen molar-refractivity contribution < 1.29 is 14.6 Å². The van der Waals surface area contributed by atoms with E-state index in [4.69, 9.17) is 4.74 Å². The van der Waals surface area contributed by atoms with Crippen LogP contribution in [0.15, 0.2) is 60.7 Å². The molecule has 0 aliphatic rings. The summed E-state index contributed by atoms with van der Waals surface area (Å²) in [7, 11) is -1.78. The highest BCUT2D eigenvalue weighted by molar-refractivity contribution is 6.77. The third kappa shape index (κ3) is 5.05. The van der Waals surface area contributed by atoms with E-state index < -0.39 is 14.2 Å². The molecule has 0 amide bonds. The summed E-state index contributed by atoms with van der Waals surface area (Å²) < 4.78 is 5.76. The molecule has 2 aromatic carbocycles. The van der Waals surface area contributed by atoms with Gasteiger partial charge in [-0.2, -0.15) is 0 Å². The summed E-state index contributed by atoms with van der Waals surface area (Å²) >= 11 is 0. The SMILES string of the molecule is C[Si](C)(C)[C@H](C[C@H](O)c1ccccc1)OC(=O)c1ccccc1. The fourth-order valence-corrected chi connectivity index (χ4v) is 3.75. The standard InChI is InChI=1S/C19H24O3Si/c1-23(2,3)18(14-17(20)15-10-6-4-7-11-15)22-19(21)16-12-8-5-9-13-16/h4-13,17-18,20H,14H2,1-3H3/t17-,18+/m0/s1. The van der Waals surface area contributed by atoms with Crippen molar-refractivity contribution in [2.45, 2.75) is 37.9 Å². The molecule has 0 saturated heterocycles. The summed E-state index contributed by atoms with van der Waals surface area (Å²) in [5, 5.41) is 10.5. The van der Waals surface area contributed by atoms with Crippen LogP contribution >= 0.6 is 0 Å². The summed E-state index contributed by atoms with van der Waals surface area (Å²) in [6.07, 6.45) is -0.199. The molecule has 0 aromatic heterocycles. The first-order valence-electron chi connectivity index (χ1n) is 7.87. The lowest BCUT2D eigenvalue weighted by Gasteiger charge is -2.30. The Morgan fingerprint density at radius 1 is 1.00 bits per heavy atom. The Balaban J connectivity index is 2.10. The van der Waals surface area contributed by atoms with Gasteiger partial charge in [0.15, 0.2) is 0 Å². The van der Waals surface area contributed by atoms with Crippen LogP contribution in [0.1, 0.15) is 28.4 Å². The van der Waals surface area contributed by atoms with E-state index in [0.29, 0.717) is 12.0 Å². The first kappa shape index (κ1) is 17.4. The average Bonchev–Trinajstić information content (AvgIpc) is 2.54. The zero-order chi connectivity index (χ0) is 16.9. The highest BCUT2D eigenvalue weighted by Crippen LogP contribution is 2.25. The van der Waals surface area contributed by atoms with Crippen LogP contribution in [-0.2, 0) is 4.74 Å². The van der Waals surface area contributed by atoms with Crippen LogP contribution in [0.3, 0.4) is 0 Å². The molecule has 0 spiro atoms. The van der Waals surface area contributed by atoms with Crippen LogP contribution in [0.2, 0.25) is 19.6 Å². The van der Waals surface area contributed by atoms with Crippen molar-refractivity contribution in [1.82, 2.24) is 0 Å². The largest absolute Gasteiger partial charge is 0.463 e. The highest BCUT2D eigenvalue weighted by Gasteiger charge is 2.33. The lowest BCUT2D eigenvalue weighted by molar-refractivity contribution is 0.0319. The molecule has 0 radical (unpaired) electrons. The Bertz CT molecular complexity index is 620. The molecule has 1 N–H and O–H groups in total. The summed E-state index contributed by atoms with van der Waals surface area (Å²) in [6, 6.07) is 18.5. The van der Waals surface area contributed by atoms with Gasteiger partial charge in [0.25, 0.3) is 0 Å². The number of hydrogen-bond acceptors (Lipinski definition) is 3. The molecule has 0 heterocycles. The maximum absolute atomic E-state index is 12.3. The summed E-state index contributed by atoms with van der Waals surface area (Å²) in [4.78, 5) is 12.3. The molecule has 2 rings (SSSR count). The Morgan fingerprint density at radius 3 is 2.04 bits per heavy atom. The van der Waals surface area contributed by atoms with Gasteiger partial charge >= 0.3 is 5.97 Å². The van der Waals surface area contributed by atoms with Gasteiger partial charge in [-0.3, -0.25) is 0 Å². The third-order valence-corrected chi connectivity index (χ3v) is 6.13. The first-order chi connectivity index (χ1) is 10.9. The van der Waals surface area contributed by atoms with Gasteiger partial charge in [0.2, 0.25) is 0 Å². The van der Waals surface area contributed by atoms with Crippen molar-refractivity contribution in [2.75, 3.05) is 0 Å². The van der Waals surface area contributed by atoms with Crippen LogP contribution in [0.5, 0.6) is 0 Å². The minimum Gasteiger partial charge on any atom is -0.463 e. The second-order valence-electron chi connectivity index (χ2n) is 6.79. The zero-order valence-corrected chi connectivity index (χ0v) is 14.9. The number of esters is 1. The van der Waals surface area contributed by atoms with E-state index >= 15 is 0 Å². The van der Waals surface area contributed by atoms with Crippen LogP contribution in [0.25, 0.3) is 0 Å². The second-order valence-corrected chi connectivity index (χ2v) is 12.2. The van der Waals surface area contributed by atoms with Crippen LogP contribution in [-0.4, -0.2) is 24.9 Å². The normalized spacial score (nSPS) is 14.1. The van der Waals surface area contributed by atoms with Gasteiger partial charge < -0.3 is 9.84 Å². The quantitative estimate of drug-likeness (QED) is 0.638.